The normalized spacial score (nSPS) is 13.0. The molecule has 3 rings (SSSR count). The number of ether oxygens (including phenoxy) is 1. The Balaban J connectivity index is 1.41. The topological polar surface area (TPSA) is 79.5 Å². The van der Waals surface area contributed by atoms with Crippen LogP contribution in [0.15, 0.2) is 48.5 Å². The van der Waals surface area contributed by atoms with Crippen LogP contribution in [0.1, 0.15) is 28.8 Å². The van der Waals surface area contributed by atoms with E-state index in [1.165, 1.54) is 0 Å². The van der Waals surface area contributed by atoms with Crippen LogP contribution in [0.4, 0.5) is 10.5 Å². The van der Waals surface area contributed by atoms with Crippen molar-refractivity contribution in [1.29, 1.82) is 0 Å². The third kappa shape index (κ3) is 5.24. The van der Waals surface area contributed by atoms with Crippen LogP contribution >= 0.6 is 0 Å². The molecule has 6 heteroatoms. The first kappa shape index (κ1) is 17.8. The van der Waals surface area contributed by atoms with E-state index < -0.39 is 0 Å². The first-order chi connectivity index (χ1) is 12.6. The van der Waals surface area contributed by atoms with E-state index in [-0.39, 0.29) is 11.9 Å². The molecule has 1 saturated carbocycles. The summed E-state index contributed by atoms with van der Waals surface area (Å²) in [6.07, 6.45) is 2.08. The number of carbonyl (C=O) groups excluding carboxylic acids is 2. The Morgan fingerprint density at radius 2 is 1.81 bits per heavy atom. The zero-order valence-electron chi connectivity index (χ0n) is 14.7. The van der Waals surface area contributed by atoms with Crippen LogP contribution in [0, 0.1) is 6.92 Å². The molecule has 0 spiro atoms. The molecule has 26 heavy (non-hydrogen) atoms. The molecule has 1 aliphatic rings. The Morgan fingerprint density at radius 3 is 2.50 bits per heavy atom. The number of nitrogens with one attached hydrogen (secondary N) is 3. The van der Waals surface area contributed by atoms with Crippen LogP contribution in [0.3, 0.4) is 0 Å². The van der Waals surface area contributed by atoms with E-state index in [0.29, 0.717) is 30.4 Å². The number of para-hydroxylation sites is 1. The van der Waals surface area contributed by atoms with Gasteiger partial charge >= 0.3 is 6.03 Å². The summed E-state index contributed by atoms with van der Waals surface area (Å²) in [5, 5.41) is 8.42. The molecule has 0 radical (unpaired) electrons. The van der Waals surface area contributed by atoms with Crippen LogP contribution in [-0.4, -0.2) is 31.1 Å². The molecule has 0 aromatic heterocycles. The van der Waals surface area contributed by atoms with Crippen LogP contribution in [0.5, 0.6) is 5.75 Å². The van der Waals surface area contributed by atoms with Gasteiger partial charge in [0.1, 0.15) is 12.4 Å². The van der Waals surface area contributed by atoms with Crippen LogP contribution in [0.25, 0.3) is 0 Å². The van der Waals surface area contributed by atoms with Gasteiger partial charge in [-0.2, -0.15) is 0 Å². The van der Waals surface area contributed by atoms with E-state index in [0.717, 1.165) is 24.2 Å². The van der Waals surface area contributed by atoms with E-state index in [2.05, 4.69) is 16.0 Å². The third-order valence-corrected chi connectivity index (χ3v) is 4.06. The smallest absolute Gasteiger partial charge is 0.319 e. The number of aryl methyl sites for hydroxylation is 1. The minimum absolute atomic E-state index is 0.174. The minimum Gasteiger partial charge on any atom is -0.491 e. The van der Waals surface area contributed by atoms with E-state index in [9.17, 15) is 9.59 Å². The highest BCUT2D eigenvalue weighted by molar-refractivity contribution is 5.95. The van der Waals surface area contributed by atoms with E-state index in [1.807, 2.05) is 31.2 Å². The van der Waals surface area contributed by atoms with Gasteiger partial charge in [-0.1, -0.05) is 18.2 Å². The van der Waals surface area contributed by atoms with Gasteiger partial charge in [0.15, 0.2) is 0 Å². The Morgan fingerprint density at radius 1 is 1.08 bits per heavy atom. The molecule has 0 atom stereocenters. The summed E-state index contributed by atoms with van der Waals surface area (Å²) in [5.41, 5.74) is 2.25. The largest absolute Gasteiger partial charge is 0.491 e. The summed E-state index contributed by atoms with van der Waals surface area (Å²) >= 11 is 0. The van der Waals surface area contributed by atoms with Crippen molar-refractivity contribution in [3.63, 3.8) is 0 Å². The number of benzene rings is 2. The Kier molecular flexibility index (Phi) is 5.73. The molecule has 1 fully saturated rings. The van der Waals surface area contributed by atoms with Gasteiger partial charge in [0, 0.05) is 17.3 Å². The molecule has 0 saturated heterocycles. The van der Waals surface area contributed by atoms with Crippen molar-refractivity contribution in [2.45, 2.75) is 25.8 Å². The van der Waals surface area contributed by atoms with Gasteiger partial charge in [0.2, 0.25) is 0 Å². The maximum absolute atomic E-state index is 12.1. The summed E-state index contributed by atoms with van der Waals surface area (Å²) < 4.78 is 5.65. The summed E-state index contributed by atoms with van der Waals surface area (Å²) in [6, 6.07) is 14.7. The molecule has 0 bridgehead atoms. The number of amides is 3. The zero-order valence-corrected chi connectivity index (χ0v) is 14.7. The second-order valence-corrected chi connectivity index (χ2v) is 6.32. The summed E-state index contributed by atoms with van der Waals surface area (Å²) in [7, 11) is 0. The molecular weight excluding hydrogens is 330 g/mol. The Bertz CT molecular complexity index is 770. The maximum Gasteiger partial charge on any atom is 0.319 e. The predicted molar refractivity (Wildman–Crippen MR) is 101 cm³/mol. The van der Waals surface area contributed by atoms with Crippen LogP contribution < -0.4 is 20.7 Å². The summed E-state index contributed by atoms with van der Waals surface area (Å²) in [4.78, 5) is 23.8. The van der Waals surface area contributed by atoms with Gasteiger partial charge in [0.05, 0.1) is 6.54 Å². The second-order valence-electron chi connectivity index (χ2n) is 6.32. The molecule has 1 aliphatic carbocycles. The fourth-order valence-corrected chi connectivity index (χ4v) is 2.43. The lowest BCUT2D eigenvalue weighted by Gasteiger charge is -2.10. The molecule has 3 amide bonds. The first-order valence-electron chi connectivity index (χ1n) is 8.76. The van der Waals surface area contributed by atoms with Gasteiger partial charge in [-0.3, -0.25) is 4.79 Å². The lowest BCUT2D eigenvalue weighted by atomic mass is 10.2. The van der Waals surface area contributed by atoms with Gasteiger partial charge in [-0.15, -0.1) is 0 Å². The average molecular weight is 353 g/mol. The van der Waals surface area contributed by atoms with Crippen molar-refractivity contribution in [1.82, 2.24) is 10.6 Å². The molecule has 136 valence electrons. The maximum atomic E-state index is 12.1. The van der Waals surface area contributed by atoms with Gasteiger partial charge in [-0.25, -0.2) is 4.79 Å². The number of carbonyl (C=O) groups is 2. The Hall–Kier alpha value is -3.02. The van der Waals surface area contributed by atoms with Crippen molar-refractivity contribution in [2.75, 3.05) is 18.5 Å². The van der Waals surface area contributed by atoms with E-state index >= 15 is 0 Å². The van der Waals surface area contributed by atoms with Crippen LogP contribution in [0.2, 0.25) is 0 Å². The molecule has 3 N–H and O–H groups in total. The first-order valence-corrected chi connectivity index (χ1v) is 8.76. The Labute approximate surface area is 152 Å². The number of rotatable bonds is 7. The lowest BCUT2D eigenvalue weighted by molar-refractivity contribution is 0.0947. The van der Waals surface area contributed by atoms with E-state index in [1.54, 1.807) is 24.3 Å². The predicted octanol–water partition coefficient (Wildman–Crippen LogP) is 3.09. The van der Waals surface area contributed by atoms with E-state index in [4.69, 9.17) is 4.74 Å². The zero-order chi connectivity index (χ0) is 18.4. The SMILES string of the molecule is Cc1ccccc1OCCNC(=O)c1ccc(NC(=O)NC2CC2)cc1. The number of hydrogen-bond donors (Lipinski definition) is 3. The fraction of sp³-hybridized carbons (Fsp3) is 0.300. The number of hydrogen-bond acceptors (Lipinski definition) is 3. The molecule has 0 aliphatic heterocycles. The van der Waals surface area contributed by atoms with Gasteiger partial charge in [0.25, 0.3) is 5.91 Å². The highest BCUT2D eigenvalue weighted by Crippen LogP contribution is 2.19. The fourth-order valence-electron chi connectivity index (χ4n) is 2.43. The second kappa shape index (κ2) is 8.38. The molecule has 0 heterocycles. The van der Waals surface area contributed by atoms with Crippen molar-refractivity contribution in [3.8, 4) is 5.75 Å². The molecular formula is C20H23N3O3. The average Bonchev–Trinajstić information content (AvgIpc) is 3.44. The summed E-state index contributed by atoms with van der Waals surface area (Å²) in [6.45, 7) is 2.79. The lowest BCUT2D eigenvalue weighted by Crippen LogP contribution is -2.30. The van der Waals surface area contributed by atoms with Crippen molar-refractivity contribution >= 4 is 17.6 Å². The monoisotopic (exact) mass is 353 g/mol. The highest BCUT2D eigenvalue weighted by Gasteiger charge is 2.23. The summed E-state index contributed by atoms with van der Waals surface area (Å²) in [5.74, 6) is 0.647. The van der Waals surface area contributed by atoms with Gasteiger partial charge in [-0.05, 0) is 55.7 Å². The number of urea groups is 1. The minimum atomic E-state index is -0.210. The quantitative estimate of drug-likeness (QED) is 0.669. The van der Waals surface area contributed by atoms with Crippen molar-refractivity contribution in [3.05, 3.63) is 59.7 Å². The molecule has 2 aromatic carbocycles. The third-order valence-electron chi connectivity index (χ3n) is 4.06. The van der Waals surface area contributed by atoms with Crippen molar-refractivity contribution in [2.24, 2.45) is 0 Å². The molecule has 2 aromatic rings. The highest BCUT2D eigenvalue weighted by atomic mass is 16.5. The molecule has 6 nitrogen and oxygen atoms in total. The van der Waals surface area contributed by atoms with Crippen LogP contribution in [-0.2, 0) is 0 Å². The van der Waals surface area contributed by atoms with Crippen molar-refractivity contribution < 1.29 is 14.3 Å². The van der Waals surface area contributed by atoms with Gasteiger partial charge < -0.3 is 20.7 Å². The number of anilines is 1. The standard InChI is InChI=1S/C20H23N3O3/c1-14-4-2-3-5-18(14)26-13-12-21-19(24)15-6-8-16(9-7-15)22-20(25)23-17-10-11-17/h2-9,17H,10-13H2,1H3,(H,21,24)(H2,22,23,25). The molecule has 0 unspecified atom stereocenters.